The fourth-order valence-electron chi connectivity index (χ4n) is 3.17. The van der Waals surface area contributed by atoms with Crippen molar-refractivity contribution < 1.29 is 0 Å². The second-order valence-electron chi connectivity index (χ2n) is 5.69. The molecular formula is C17H19N3S. The topological polar surface area (TPSA) is 43.3 Å². The number of rotatable bonds is 2. The number of hydrogen-bond donors (Lipinski definition) is 1. The summed E-state index contributed by atoms with van der Waals surface area (Å²) in [5, 5.41) is 0. The summed E-state index contributed by atoms with van der Waals surface area (Å²) in [6.45, 7) is 2.17. The molecule has 0 radical (unpaired) electrons. The molecule has 0 saturated carbocycles. The van der Waals surface area contributed by atoms with Crippen molar-refractivity contribution in [3.8, 4) is 11.3 Å². The molecule has 0 amide bonds. The number of anilines is 1. The van der Waals surface area contributed by atoms with E-state index in [2.05, 4.69) is 35.6 Å². The van der Waals surface area contributed by atoms with E-state index in [-0.39, 0.29) is 0 Å². The summed E-state index contributed by atoms with van der Waals surface area (Å²) < 4.78 is 2.18. The molecule has 0 saturated heterocycles. The molecule has 2 aromatic heterocycles. The van der Waals surface area contributed by atoms with E-state index in [9.17, 15) is 0 Å². The first-order valence-corrected chi connectivity index (χ1v) is 8.47. The van der Waals surface area contributed by atoms with Gasteiger partial charge in [0.1, 0.15) is 11.5 Å². The van der Waals surface area contributed by atoms with E-state index in [1.165, 1.54) is 35.4 Å². The van der Waals surface area contributed by atoms with Gasteiger partial charge in [0.25, 0.3) is 0 Å². The fourth-order valence-corrected chi connectivity index (χ4v) is 4.38. The molecule has 0 bridgehead atoms. The third-order valence-corrected chi connectivity index (χ3v) is 5.53. The lowest BCUT2D eigenvalue weighted by Crippen LogP contribution is -2.05. The van der Waals surface area contributed by atoms with E-state index < -0.39 is 0 Å². The average molecular weight is 297 g/mol. The Morgan fingerprint density at radius 3 is 2.71 bits per heavy atom. The summed E-state index contributed by atoms with van der Waals surface area (Å²) in [5.41, 5.74) is 11.2. The minimum atomic E-state index is 0.800. The Labute approximate surface area is 128 Å². The third kappa shape index (κ3) is 1.97. The lowest BCUT2D eigenvalue weighted by molar-refractivity contribution is 0.675. The monoisotopic (exact) mass is 297 g/mol. The van der Waals surface area contributed by atoms with Gasteiger partial charge in [-0.2, -0.15) is 0 Å². The number of imidazole rings is 1. The number of aryl methyl sites for hydroxylation is 3. The van der Waals surface area contributed by atoms with Gasteiger partial charge in [-0.1, -0.05) is 31.2 Å². The Morgan fingerprint density at radius 2 is 1.95 bits per heavy atom. The molecule has 0 aliphatic heterocycles. The SMILES string of the molecule is CCc1ccc(-c2nc3sc4c(n3c2N)CCCC4)cc1. The van der Waals surface area contributed by atoms with E-state index in [0.717, 1.165) is 34.9 Å². The molecular weight excluding hydrogens is 278 g/mol. The van der Waals surface area contributed by atoms with E-state index in [4.69, 9.17) is 10.7 Å². The maximum atomic E-state index is 6.42. The molecule has 108 valence electrons. The van der Waals surface area contributed by atoms with E-state index >= 15 is 0 Å². The molecule has 2 heterocycles. The van der Waals surface area contributed by atoms with Gasteiger partial charge in [-0.05, 0) is 37.7 Å². The average Bonchev–Trinajstić information content (AvgIpc) is 3.04. The van der Waals surface area contributed by atoms with Crippen molar-refractivity contribution in [3.63, 3.8) is 0 Å². The van der Waals surface area contributed by atoms with Gasteiger partial charge in [0, 0.05) is 16.1 Å². The Balaban J connectivity index is 1.85. The Bertz CT molecular complexity index is 796. The predicted octanol–water partition coefficient (Wildman–Crippen LogP) is 4.09. The van der Waals surface area contributed by atoms with Crippen LogP contribution < -0.4 is 5.73 Å². The first-order chi connectivity index (χ1) is 10.3. The Kier molecular flexibility index (Phi) is 3.00. The third-order valence-electron chi connectivity index (χ3n) is 4.39. The van der Waals surface area contributed by atoms with Crippen LogP contribution in [0.1, 0.15) is 35.9 Å². The number of thiazole rings is 1. The van der Waals surface area contributed by atoms with Gasteiger partial charge in [-0.3, -0.25) is 4.40 Å². The van der Waals surface area contributed by atoms with Crippen molar-refractivity contribution in [2.24, 2.45) is 0 Å². The second kappa shape index (κ2) is 4.88. The second-order valence-corrected chi connectivity index (χ2v) is 6.76. The summed E-state index contributed by atoms with van der Waals surface area (Å²) in [6.07, 6.45) is 5.92. The normalized spacial score (nSPS) is 14.5. The summed E-state index contributed by atoms with van der Waals surface area (Å²) in [5.74, 6) is 0.800. The van der Waals surface area contributed by atoms with Crippen molar-refractivity contribution in [1.82, 2.24) is 9.38 Å². The molecule has 1 aliphatic rings. The smallest absolute Gasteiger partial charge is 0.196 e. The predicted molar refractivity (Wildman–Crippen MR) is 88.9 cm³/mol. The van der Waals surface area contributed by atoms with Crippen LogP contribution in [0.2, 0.25) is 0 Å². The van der Waals surface area contributed by atoms with Crippen LogP contribution in [0.3, 0.4) is 0 Å². The molecule has 0 atom stereocenters. The van der Waals surface area contributed by atoms with Crippen molar-refractivity contribution >= 4 is 22.1 Å². The fraction of sp³-hybridized carbons (Fsp3) is 0.353. The standard InChI is InChI=1S/C17H19N3S/c1-2-11-7-9-12(10-8-11)15-16(18)20-13-5-3-4-6-14(13)21-17(20)19-15/h7-10H,2-6,18H2,1H3. The van der Waals surface area contributed by atoms with Gasteiger partial charge in [0.15, 0.2) is 4.96 Å². The summed E-state index contributed by atoms with van der Waals surface area (Å²) >= 11 is 1.81. The first-order valence-electron chi connectivity index (χ1n) is 7.65. The highest BCUT2D eigenvalue weighted by Gasteiger charge is 2.21. The first kappa shape index (κ1) is 12.9. The number of aromatic nitrogens is 2. The lowest BCUT2D eigenvalue weighted by Gasteiger charge is -2.11. The van der Waals surface area contributed by atoms with Crippen LogP contribution in [0, 0.1) is 0 Å². The Hall–Kier alpha value is -1.81. The van der Waals surface area contributed by atoms with Gasteiger partial charge in [-0.15, -0.1) is 11.3 Å². The van der Waals surface area contributed by atoms with Gasteiger partial charge in [0.05, 0.1) is 0 Å². The van der Waals surface area contributed by atoms with Crippen LogP contribution in [0.25, 0.3) is 16.2 Å². The van der Waals surface area contributed by atoms with Crippen LogP contribution in [0.5, 0.6) is 0 Å². The molecule has 3 nitrogen and oxygen atoms in total. The van der Waals surface area contributed by atoms with Crippen molar-refractivity contribution in [2.75, 3.05) is 5.73 Å². The largest absolute Gasteiger partial charge is 0.383 e. The minimum absolute atomic E-state index is 0.800. The van der Waals surface area contributed by atoms with Crippen LogP contribution in [-0.2, 0) is 19.3 Å². The molecule has 4 rings (SSSR count). The quantitative estimate of drug-likeness (QED) is 0.774. The van der Waals surface area contributed by atoms with Crippen molar-refractivity contribution in [1.29, 1.82) is 0 Å². The number of hydrogen-bond acceptors (Lipinski definition) is 3. The number of benzene rings is 1. The summed E-state index contributed by atoms with van der Waals surface area (Å²) in [6, 6.07) is 8.59. The number of nitrogens with two attached hydrogens (primary N) is 1. The zero-order valence-corrected chi connectivity index (χ0v) is 13.0. The van der Waals surface area contributed by atoms with Gasteiger partial charge in [-0.25, -0.2) is 4.98 Å². The van der Waals surface area contributed by atoms with Crippen LogP contribution in [0.4, 0.5) is 5.82 Å². The summed E-state index contributed by atoms with van der Waals surface area (Å²) in [7, 11) is 0. The van der Waals surface area contributed by atoms with E-state index in [1.807, 2.05) is 11.3 Å². The highest BCUT2D eigenvalue weighted by molar-refractivity contribution is 7.17. The Morgan fingerprint density at radius 1 is 1.19 bits per heavy atom. The summed E-state index contributed by atoms with van der Waals surface area (Å²) in [4.78, 5) is 7.32. The van der Waals surface area contributed by atoms with Crippen LogP contribution in [0.15, 0.2) is 24.3 Å². The number of nitrogen functional groups attached to an aromatic ring is 1. The zero-order chi connectivity index (χ0) is 14.4. The highest BCUT2D eigenvalue weighted by Crippen LogP contribution is 2.36. The molecule has 0 fully saturated rings. The lowest BCUT2D eigenvalue weighted by atomic mass is 10.0. The minimum Gasteiger partial charge on any atom is -0.383 e. The highest BCUT2D eigenvalue weighted by atomic mass is 32.1. The molecule has 4 heteroatoms. The van der Waals surface area contributed by atoms with E-state index in [0.29, 0.717) is 0 Å². The van der Waals surface area contributed by atoms with Crippen LogP contribution in [-0.4, -0.2) is 9.38 Å². The molecule has 2 N–H and O–H groups in total. The number of fused-ring (bicyclic) bond motifs is 3. The van der Waals surface area contributed by atoms with Crippen LogP contribution >= 0.6 is 11.3 Å². The molecule has 21 heavy (non-hydrogen) atoms. The van der Waals surface area contributed by atoms with Gasteiger partial charge < -0.3 is 5.73 Å². The molecule has 0 spiro atoms. The molecule has 3 aromatic rings. The number of nitrogens with zero attached hydrogens (tertiary/aromatic N) is 2. The van der Waals surface area contributed by atoms with Crippen molar-refractivity contribution in [2.45, 2.75) is 39.0 Å². The molecule has 1 aromatic carbocycles. The maximum absolute atomic E-state index is 6.42. The molecule has 1 aliphatic carbocycles. The van der Waals surface area contributed by atoms with Gasteiger partial charge >= 0.3 is 0 Å². The maximum Gasteiger partial charge on any atom is 0.196 e. The zero-order valence-electron chi connectivity index (χ0n) is 12.2. The van der Waals surface area contributed by atoms with Crippen molar-refractivity contribution in [3.05, 3.63) is 40.4 Å². The molecule has 0 unspecified atom stereocenters. The van der Waals surface area contributed by atoms with E-state index in [1.54, 1.807) is 0 Å². The van der Waals surface area contributed by atoms with Gasteiger partial charge in [0.2, 0.25) is 0 Å².